The smallest absolute Gasteiger partial charge is 0.0704 e. The molecule has 1 atom stereocenters. The zero-order valence-corrected chi connectivity index (χ0v) is 12.6. The van der Waals surface area contributed by atoms with Gasteiger partial charge in [-0.1, -0.05) is 23.7 Å². The summed E-state index contributed by atoms with van der Waals surface area (Å²) in [6.07, 6.45) is 0.835. The molecule has 0 aliphatic carbocycles. The molecule has 17 heavy (non-hydrogen) atoms. The quantitative estimate of drug-likeness (QED) is 0.866. The molecule has 1 aromatic carbocycles. The van der Waals surface area contributed by atoms with Gasteiger partial charge in [0.1, 0.15) is 0 Å². The van der Waals surface area contributed by atoms with Gasteiger partial charge in [0.05, 0.1) is 3.79 Å². The zero-order valence-electron chi connectivity index (χ0n) is 9.41. The minimum absolute atomic E-state index is 0.0405. The molecule has 0 amide bonds. The molecule has 0 saturated heterocycles. The molecule has 1 unspecified atom stereocenters. The minimum Gasteiger partial charge on any atom is -0.324 e. The van der Waals surface area contributed by atoms with E-state index in [4.69, 9.17) is 17.3 Å². The van der Waals surface area contributed by atoms with Crippen LogP contribution >= 0.6 is 38.9 Å². The van der Waals surface area contributed by atoms with Crippen LogP contribution in [0.3, 0.4) is 0 Å². The van der Waals surface area contributed by atoms with Crippen LogP contribution in [-0.4, -0.2) is 0 Å². The Balaban J connectivity index is 2.14. The topological polar surface area (TPSA) is 26.0 Å². The minimum atomic E-state index is 0.0405. The molecule has 0 saturated carbocycles. The van der Waals surface area contributed by atoms with E-state index in [1.807, 2.05) is 24.3 Å². The van der Waals surface area contributed by atoms with Gasteiger partial charge in [0.15, 0.2) is 0 Å². The third kappa shape index (κ3) is 3.32. The number of thiophene rings is 1. The van der Waals surface area contributed by atoms with E-state index in [9.17, 15) is 0 Å². The van der Waals surface area contributed by atoms with Crippen LogP contribution in [0.1, 0.15) is 22.0 Å². The fraction of sp³-hybridized carbons (Fsp3) is 0.231. The van der Waals surface area contributed by atoms with Gasteiger partial charge in [-0.3, -0.25) is 0 Å². The molecule has 0 aliphatic heterocycles. The van der Waals surface area contributed by atoms with Crippen LogP contribution in [0.15, 0.2) is 34.1 Å². The Morgan fingerprint density at radius 1 is 1.35 bits per heavy atom. The SMILES string of the molecule is Cc1sc(Br)cc1C(N)Cc1ccc(Cl)cc1. The number of benzene rings is 1. The number of hydrogen-bond donors (Lipinski definition) is 1. The van der Waals surface area contributed by atoms with E-state index in [0.717, 1.165) is 15.2 Å². The molecule has 1 aromatic heterocycles. The second kappa shape index (κ2) is 5.53. The summed E-state index contributed by atoms with van der Waals surface area (Å²) in [7, 11) is 0. The van der Waals surface area contributed by atoms with Crippen LogP contribution in [0, 0.1) is 6.92 Å². The van der Waals surface area contributed by atoms with Gasteiger partial charge in [-0.05, 0) is 58.6 Å². The molecule has 90 valence electrons. The van der Waals surface area contributed by atoms with Crippen molar-refractivity contribution >= 4 is 38.9 Å². The molecule has 2 rings (SSSR count). The fourth-order valence-electron chi connectivity index (χ4n) is 1.81. The first-order valence-electron chi connectivity index (χ1n) is 5.32. The first-order valence-corrected chi connectivity index (χ1v) is 7.31. The van der Waals surface area contributed by atoms with Crippen LogP contribution in [-0.2, 0) is 6.42 Å². The molecule has 0 fully saturated rings. The molecule has 0 aliphatic rings. The summed E-state index contributed by atoms with van der Waals surface area (Å²) in [5, 5.41) is 0.761. The Kier molecular flexibility index (Phi) is 4.26. The Bertz CT molecular complexity index is 507. The largest absolute Gasteiger partial charge is 0.324 e. The third-order valence-electron chi connectivity index (χ3n) is 2.69. The molecular weight excluding hydrogens is 318 g/mol. The van der Waals surface area contributed by atoms with E-state index in [2.05, 4.69) is 28.9 Å². The van der Waals surface area contributed by atoms with Crippen LogP contribution in [0.25, 0.3) is 0 Å². The maximum absolute atomic E-state index is 6.23. The standard InChI is InChI=1S/C13H13BrClNS/c1-8-11(7-13(14)17-8)12(16)6-9-2-4-10(15)5-3-9/h2-5,7,12H,6,16H2,1H3. The lowest BCUT2D eigenvalue weighted by Gasteiger charge is -2.11. The van der Waals surface area contributed by atoms with E-state index < -0.39 is 0 Å². The first kappa shape index (κ1) is 13.1. The van der Waals surface area contributed by atoms with Crippen molar-refractivity contribution < 1.29 is 0 Å². The van der Waals surface area contributed by atoms with Gasteiger partial charge in [-0.15, -0.1) is 11.3 Å². The summed E-state index contributed by atoms with van der Waals surface area (Å²) < 4.78 is 1.14. The number of nitrogens with two attached hydrogens (primary N) is 1. The van der Waals surface area contributed by atoms with E-state index >= 15 is 0 Å². The summed E-state index contributed by atoms with van der Waals surface area (Å²) in [5.41, 5.74) is 8.66. The van der Waals surface area contributed by atoms with Gasteiger partial charge >= 0.3 is 0 Å². The Hall–Kier alpha value is -0.350. The summed E-state index contributed by atoms with van der Waals surface area (Å²) in [6.45, 7) is 2.10. The van der Waals surface area contributed by atoms with Gasteiger partial charge in [0.25, 0.3) is 0 Å². The number of hydrogen-bond acceptors (Lipinski definition) is 2. The zero-order chi connectivity index (χ0) is 12.4. The molecule has 1 nitrogen and oxygen atoms in total. The molecule has 4 heteroatoms. The van der Waals surface area contributed by atoms with Crippen molar-refractivity contribution in [3.05, 3.63) is 55.1 Å². The monoisotopic (exact) mass is 329 g/mol. The summed E-state index contributed by atoms with van der Waals surface area (Å²) in [4.78, 5) is 1.28. The van der Waals surface area contributed by atoms with Gasteiger partial charge in [0, 0.05) is 15.9 Å². The molecule has 0 radical (unpaired) electrons. The first-order chi connectivity index (χ1) is 8.06. The highest BCUT2D eigenvalue weighted by Crippen LogP contribution is 2.31. The normalized spacial score (nSPS) is 12.7. The average molecular weight is 331 g/mol. The van der Waals surface area contributed by atoms with Crippen LogP contribution < -0.4 is 5.73 Å². The van der Waals surface area contributed by atoms with Crippen molar-refractivity contribution in [1.29, 1.82) is 0 Å². The summed E-state index contributed by atoms with van der Waals surface area (Å²) in [5.74, 6) is 0. The molecule has 0 spiro atoms. The van der Waals surface area contributed by atoms with Gasteiger partial charge in [-0.25, -0.2) is 0 Å². The second-order valence-electron chi connectivity index (χ2n) is 4.00. The lowest BCUT2D eigenvalue weighted by molar-refractivity contribution is 0.720. The highest BCUT2D eigenvalue weighted by molar-refractivity contribution is 9.11. The maximum Gasteiger partial charge on any atom is 0.0704 e. The Morgan fingerprint density at radius 2 is 2.00 bits per heavy atom. The van der Waals surface area contributed by atoms with Gasteiger partial charge in [-0.2, -0.15) is 0 Å². The van der Waals surface area contributed by atoms with Crippen molar-refractivity contribution in [2.24, 2.45) is 5.73 Å². The molecular formula is C13H13BrClNS. The van der Waals surface area contributed by atoms with Crippen molar-refractivity contribution in [3.8, 4) is 0 Å². The van der Waals surface area contributed by atoms with E-state index in [0.29, 0.717) is 0 Å². The van der Waals surface area contributed by atoms with E-state index in [-0.39, 0.29) is 6.04 Å². The van der Waals surface area contributed by atoms with Crippen molar-refractivity contribution in [3.63, 3.8) is 0 Å². The predicted octanol–water partition coefficient (Wildman–Crippen LogP) is 4.71. The van der Waals surface area contributed by atoms with Gasteiger partial charge in [0.2, 0.25) is 0 Å². The van der Waals surface area contributed by atoms with Crippen LogP contribution in [0.4, 0.5) is 0 Å². The van der Waals surface area contributed by atoms with E-state index in [1.165, 1.54) is 16.0 Å². The van der Waals surface area contributed by atoms with Crippen molar-refractivity contribution in [2.45, 2.75) is 19.4 Å². The van der Waals surface area contributed by atoms with Crippen molar-refractivity contribution in [2.75, 3.05) is 0 Å². The van der Waals surface area contributed by atoms with Crippen molar-refractivity contribution in [1.82, 2.24) is 0 Å². The fourth-order valence-corrected chi connectivity index (χ4v) is 3.72. The molecule has 0 bridgehead atoms. The third-order valence-corrected chi connectivity index (χ3v) is 4.52. The van der Waals surface area contributed by atoms with Crippen LogP contribution in [0.5, 0.6) is 0 Å². The molecule has 2 N–H and O–H groups in total. The highest BCUT2D eigenvalue weighted by Gasteiger charge is 2.12. The lowest BCUT2D eigenvalue weighted by atomic mass is 10.0. The Morgan fingerprint density at radius 3 is 2.53 bits per heavy atom. The number of halogens is 2. The number of aryl methyl sites for hydroxylation is 1. The predicted molar refractivity (Wildman–Crippen MR) is 78.8 cm³/mol. The molecule has 1 heterocycles. The molecule has 2 aromatic rings. The number of rotatable bonds is 3. The average Bonchev–Trinajstić information content (AvgIpc) is 2.61. The van der Waals surface area contributed by atoms with E-state index in [1.54, 1.807) is 11.3 Å². The maximum atomic E-state index is 6.23. The summed E-state index contributed by atoms with van der Waals surface area (Å²) in [6, 6.07) is 10.0. The summed E-state index contributed by atoms with van der Waals surface area (Å²) >= 11 is 11.1. The van der Waals surface area contributed by atoms with Crippen LogP contribution in [0.2, 0.25) is 5.02 Å². The highest BCUT2D eigenvalue weighted by atomic mass is 79.9. The Labute approximate surface area is 119 Å². The lowest BCUT2D eigenvalue weighted by Crippen LogP contribution is -2.13. The second-order valence-corrected chi connectivity index (χ2v) is 7.07. The van der Waals surface area contributed by atoms with Gasteiger partial charge < -0.3 is 5.73 Å².